The second kappa shape index (κ2) is 9.79. The smallest absolute Gasteiger partial charge is 0.269 e. The Balaban J connectivity index is 1.40. The van der Waals surface area contributed by atoms with E-state index in [2.05, 4.69) is 34.3 Å². The number of carbonyl (C=O) groups is 2. The fourth-order valence-corrected chi connectivity index (χ4v) is 6.46. The van der Waals surface area contributed by atoms with Crippen LogP contribution in [0.5, 0.6) is 0 Å². The van der Waals surface area contributed by atoms with Crippen LogP contribution >= 0.6 is 0 Å². The summed E-state index contributed by atoms with van der Waals surface area (Å²) in [6.07, 6.45) is 1.01. The lowest BCUT2D eigenvalue weighted by atomic mass is 9.94. The minimum absolute atomic E-state index is 0.148. The van der Waals surface area contributed by atoms with Crippen molar-refractivity contribution in [2.75, 3.05) is 13.1 Å². The van der Waals surface area contributed by atoms with E-state index in [-0.39, 0.29) is 10.5 Å². The van der Waals surface area contributed by atoms with Gasteiger partial charge in [-0.2, -0.15) is 4.31 Å². The number of aromatic nitrogens is 2. The zero-order valence-corrected chi connectivity index (χ0v) is 21.2. The SMILES string of the molecule is CCn1c(C)nc2cc(C(=O)NNC(=O)c3ccc(S(=O)(=O)N4C[C@H](C)C[C@@H](C)C4)cc3)ccc21. The number of carbonyl (C=O) groups excluding carboxylic acids is 2. The first-order valence-corrected chi connectivity index (χ1v) is 13.2. The highest BCUT2D eigenvalue weighted by Crippen LogP contribution is 2.26. The lowest BCUT2D eigenvalue weighted by Gasteiger charge is -2.34. The Bertz CT molecular complexity index is 1350. The Labute approximate surface area is 205 Å². The second-order valence-electron chi connectivity index (χ2n) is 9.31. The molecular formula is C25H31N5O4S. The Morgan fingerprint density at radius 2 is 1.54 bits per heavy atom. The summed E-state index contributed by atoms with van der Waals surface area (Å²) >= 11 is 0. The standard InChI is InChI=1S/C25H31N5O4S/c1-5-30-18(4)26-22-13-20(8-11-23(22)30)25(32)28-27-24(31)19-6-9-21(10-7-19)35(33,34)29-14-16(2)12-17(3)15-29/h6-11,13,16-17H,5,12,14-15H2,1-4H3,(H,27,31)(H,28,32)/t16-,17-/m1/s1. The molecule has 0 saturated carbocycles. The fraction of sp³-hybridized carbons (Fsp3) is 0.400. The third kappa shape index (κ3) is 5.08. The number of nitrogens with zero attached hydrogens (tertiary/aromatic N) is 3. The minimum Gasteiger partial charge on any atom is -0.329 e. The number of fused-ring (bicyclic) bond motifs is 1. The van der Waals surface area contributed by atoms with Gasteiger partial charge in [0.2, 0.25) is 10.0 Å². The van der Waals surface area contributed by atoms with Crippen molar-refractivity contribution < 1.29 is 18.0 Å². The molecule has 2 aromatic carbocycles. The van der Waals surface area contributed by atoms with Gasteiger partial charge in [-0.3, -0.25) is 20.4 Å². The van der Waals surface area contributed by atoms with E-state index >= 15 is 0 Å². The van der Waals surface area contributed by atoms with E-state index in [1.54, 1.807) is 12.1 Å². The molecule has 1 aliphatic rings. The lowest BCUT2D eigenvalue weighted by Crippen LogP contribution is -2.42. The monoisotopic (exact) mass is 497 g/mol. The van der Waals surface area contributed by atoms with Crippen molar-refractivity contribution >= 4 is 32.9 Å². The fourth-order valence-electron chi connectivity index (χ4n) is 4.78. The second-order valence-corrected chi connectivity index (χ2v) is 11.2. The van der Waals surface area contributed by atoms with Crippen molar-refractivity contribution in [3.63, 3.8) is 0 Å². The summed E-state index contributed by atoms with van der Waals surface area (Å²) in [5.41, 5.74) is 7.03. The molecule has 2 amide bonds. The average Bonchev–Trinajstić information content (AvgIpc) is 3.15. The Morgan fingerprint density at radius 1 is 0.971 bits per heavy atom. The quantitative estimate of drug-likeness (QED) is 0.526. The summed E-state index contributed by atoms with van der Waals surface area (Å²) in [6, 6.07) is 10.9. The number of rotatable bonds is 5. The summed E-state index contributed by atoms with van der Waals surface area (Å²) in [5.74, 6) is 0.442. The number of hydrogen-bond donors (Lipinski definition) is 2. The Morgan fingerprint density at radius 3 is 2.14 bits per heavy atom. The normalized spacial score (nSPS) is 19.0. The van der Waals surface area contributed by atoms with E-state index in [9.17, 15) is 18.0 Å². The summed E-state index contributed by atoms with van der Waals surface area (Å²) in [6.45, 7) is 9.80. The molecule has 0 unspecified atom stereocenters. The summed E-state index contributed by atoms with van der Waals surface area (Å²) in [5, 5.41) is 0. The largest absolute Gasteiger partial charge is 0.329 e. The maximum atomic E-state index is 13.0. The molecule has 0 radical (unpaired) electrons. The van der Waals surface area contributed by atoms with Gasteiger partial charge in [0.1, 0.15) is 5.82 Å². The van der Waals surface area contributed by atoms with E-state index in [0.29, 0.717) is 36.0 Å². The molecule has 9 nitrogen and oxygen atoms in total. The predicted molar refractivity (Wildman–Crippen MR) is 133 cm³/mol. The van der Waals surface area contributed by atoms with E-state index in [0.717, 1.165) is 24.3 Å². The first-order chi connectivity index (χ1) is 16.6. The van der Waals surface area contributed by atoms with Crippen LogP contribution in [0.1, 0.15) is 53.7 Å². The summed E-state index contributed by atoms with van der Waals surface area (Å²) in [4.78, 5) is 29.7. The van der Waals surface area contributed by atoms with Gasteiger partial charge in [-0.15, -0.1) is 0 Å². The highest BCUT2D eigenvalue weighted by molar-refractivity contribution is 7.89. The maximum Gasteiger partial charge on any atom is 0.269 e. The third-order valence-corrected chi connectivity index (χ3v) is 8.24. The summed E-state index contributed by atoms with van der Waals surface area (Å²) < 4.78 is 29.6. The molecule has 1 saturated heterocycles. The molecule has 2 heterocycles. The van der Waals surface area contributed by atoms with Crippen molar-refractivity contribution in [3.05, 3.63) is 59.4 Å². The first kappa shape index (κ1) is 24.9. The number of hydrogen-bond acceptors (Lipinski definition) is 5. The number of piperidine rings is 1. The molecule has 0 spiro atoms. The molecule has 1 aliphatic heterocycles. The zero-order chi connectivity index (χ0) is 25.3. The topological polar surface area (TPSA) is 113 Å². The van der Waals surface area contributed by atoms with E-state index in [1.807, 2.05) is 19.9 Å². The number of amides is 2. The molecular weight excluding hydrogens is 466 g/mol. The van der Waals surface area contributed by atoms with Gasteiger partial charge < -0.3 is 4.57 Å². The van der Waals surface area contributed by atoms with Crippen LogP contribution in [0.15, 0.2) is 47.4 Å². The molecule has 2 N–H and O–H groups in total. The van der Waals surface area contributed by atoms with Gasteiger partial charge in [-0.1, -0.05) is 13.8 Å². The summed E-state index contributed by atoms with van der Waals surface area (Å²) in [7, 11) is -3.63. The van der Waals surface area contributed by atoms with Crippen molar-refractivity contribution in [3.8, 4) is 0 Å². The molecule has 2 atom stereocenters. The Hall–Kier alpha value is -3.24. The van der Waals surface area contributed by atoms with Crippen molar-refractivity contribution in [2.24, 2.45) is 11.8 Å². The number of benzene rings is 2. The molecule has 1 fully saturated rings. The van der Waals surface area contributed by atoms with E-state index in [4.69, 9.17) is 0 Å². The molecule has 4 rings (SSSR count). The molecule has 0 aliphatic carbocycles. The van der Waals surface area contributed by atoms with Crippen LogP contribution in [0, 0.1) is 18.8 Å². The number of hydrazine groups is 1. The number of nitrogens with one attached hydrogen (secondary N) is 2. The van der Waals surface area contributed by atoms with Crippen molar-refractivity contribution in [1.29, 1.82) is 0 Å². The third-order valence-electron chi connectivity index (χ3n) is 6.40. The highest BCUT2D eigenvalue weighted by Gasteiger charge is 2.31. The highest BCUT2D eigenvalue weighted by atomic mass is 32.2. The van der Waals surface area contributed by atoms with Gasteiger partial charge in [0.25, 0.3) is 11.8 Å². The van der Waals surface area contributed by atoms with Crippen LogP contribution in [0.3, 0.4) is 0 Å². The average molecular weight is 498 g/mol. The van der Waals surface area contributed by atoms with E-state index in [1.165, 1.54) is 28.6 Å². The first-order valence-electron chi connectivity index (χ1n) is 11.8. The van der Waals surface area contributed by atoms with Gasteiger partial charge in [-0.25, -0.2) is 13.4 Å². The van der Waals surface area contributed by atoms with Gasteiger partial charge in [0, 0.05) is 30.8 Å². The number of aryl methyl sites for hydroxylation is 2. The van der Waals surface area contributed by atoms with Crippen LogP contribution in [0.4, 0.5) is 0 Å². The maximum absolute atomic E-state index is 13.0. The van der Waals surface area contributed by atoms with Crippen LogP contribution < -0.4 is 10.9 Å². The molecule has 10 heteroatoms. The van der Waals surface area contributed by atoms with E-state index < -0.39 is 21.8 Å². The molecule has 186 valence electrons. The van der Waals surface area contributed by atoms with Crippen LogP contribution in [-0.4, -0.2) is 47.2 Å². The minimum atomic E-state index is -3.63. The molecule has 3 aromatic rings. The molecule has 35 heavy (non-hydrogen) atoms. The molecule has 0 bridgehead atoms. The predicted octanol–water partition coefficient (Wildman–Crippen LogP) is 3.11. The number of sulfonamides is 1. The molecule has 1 aromatic heterocycles. The van der Waals surface area contributed by atoms with Gasteiger partial charge in [-0.05, 0) is 74.6 Å². The number of imidazole rings is 1. The van der Waals surface area contributed by atoms with Gasteiger partial charge >= 0.3 is 0 Å². The van der Waals surface area contributed by atoms with Crippen LogP contribution in [-0.2, 0) is 16.6 Å². The van der Waals surface area contributed by atoms with Crippen LogP contribution in [0.25, 0.3) is 11.0 Å². The Kier molecular flexibility index (Phi) is 6.95. The van der Waals surface area contributed by atoms with Crippen molar-refractivity contribution in [2.45, 2.75) is 45.6 Å². The zero-order valence-electron chi connectivity index (χ0n) is 20.4. The van der Waals surface area contributed by atoms with Gasteiger partial charge in [0.15, 0.2) is 0 Å². The van der Waals surface area contributed by atoms with Crippen LogP contribution in [0.2, 0.25) is 0 Å². The van der Waals surface area contributed by atoms with Gasteiger partial charge in [0.05, 0.1) is 15.9 Å². The lowest BCUT2D eigenvalue weighted by molar-refractivity contribution is 0.0846. The van der Waals surface area contributed by atoms with Crippen molar-refractivity contribution in [1.82, 2.24) is 24.7 Å².